The van der Waals surface area contributed by atoms with Gasteiger partial charge in [0.25, 0.3) is 0 Å². The van der Waals surface area contributed by atoms with E-state index in [1.54, 1.807) is 6.07 Å². The summed E-state index contributed by atoms with van der Waals surface area (Å²) in [4.78, 5) is 11.1. The topological polar surface area (TPSA) is 81.0 Å². The van der Waals surface area contributed by atoms with Crippen LogP contribution in [-0.4, -0.2) is 27.7 Å². The summed E-state index contributed by atoms with van der Waals surface area (Å²) in [6.45, 7) is 5.19. The Balaban J connectivity index is 1.92. The normalized spacial score (nSPS) is 11.2. The Morgan fingerprint density at radius 3 is 2.80 bits per heavy atom. The Labute approximate surface area is 125 Å². The highest BCUT2D eigenvalue weighted by atomic mass is 32.1. The molecule has 0 saturated heterocycles. The third kappa shape index (κ3) is 4.06. The number of rotatable bonds is 7. The van der Waals surface area contributed by atoms with Gasteiger partial charge in [-0.15, -0.1) is 10.2 Å². The monoisotopic (exact) mass is 312 g/mol. The van der Waals surface area contributed by atoms with Crippen molar-refractivity contribution in [1.82, 2.24) is 15.5 Å². The number of aryl methyl sites for hydroxylation is 1. The zero-order valence-corrected chi connectivity index (χ0v) is 13.0. The van der Waals surface area contributed by atoms with Crippen LogP contribution in [0.1, 0.15) is 25.3 Å². The van der Waals surface area contributed by atoms with Crippen molar-refractivity contribution < 1.29 is 4.92 Å². The molecule has 0 spiro atoms. The van der Waals surface area contributed by atoms with Crippen LogP contribution in [0, 0.1) is 10.1 Å². The molecular formula is C12H16N4O2S2. The van der Waals surface area contributed by atoms with Crippen LogP contribution < -0.4 is 5.32 Å². The van der Waals surface area contributed by atoms with Gasteiger partial charge in [-0.3, -0.25) is 10.1 Å². The highest BCUT2D eigenvalue weighted by Gasteiger charge is 2.14. The molecule has 0 radical (unpaired) electrons. The highest BCUT2D eigenvalue weighted by molar-refractivity contribution is 7.23. The van der Waals surface area contributed by atoms with E-state index in [0.29, 0.717) is 6.04 Å². The summed E-state index contributed by atoms with van der Waals surface area (Å²) in [7, 11) is 0. The lowest BCUT2D eigenvalue weighted by Crippen LogP contribution is -2.23. The lowest BCUT2D eigenvalue weighted by Gasteiger charge is -2.05. The summed E-state index contributed by atoms with van der Waals surface area (Å²) >= 11 is 2.64. The lowest BCUT2D eigenvalue weighted by atomic mass is 10.3. The van der Waals surface area contributed by atoms with Crippen LogP contribution in [0.5, 0.6) is 0 Å². The summed E-state index contributed by atoms with van der Waals surface area (Å²) in [6.07, 6.45) is 1.89. The number of aromatic nitrogens is 2. The van der Waals surface area contributed by atoms with E-state index in [1.807, 2.05) is 0 Å². The summed E-state index contributed by atoms with van der Waals surface area (Å²) in [5.74, 6) is 0. The predicted octanol–water partition coefficient (Wildman–Crippen LogP) is 3.11. The fourth-order valence-electron chi connectivity index (χ4n) is 1.63. The first kappa shape index (κ1) is 15.0. The van der Waals surface area contributed by atoms with Gasteiger partial charge in [-0.2, -0.15) is 0 Å². The van der Waals surface area contributed by atoms with E-state index in [9.17, 15) is 10.1 Å². The van der Waals surface area contributed by atoms with Gasteiger partial charge in [0.1, 0.15) is 5.01 Å². The molecule has 2 rings (SSSR count). The quantitative estimate of drug-likeness (QED) is 0.482. The first-order valence-corrected chi connectivity index (χ1v) is 8.00. The molecule has 0 saturated carbocycles. The molecule has 2 aromatic rings. The van der Waals surface area contributed by atoms with Crippen molar-refractivity contribution in [3.63, 3.8) is 0 Å². The minimum absolute atomic E-state index is 0.137. The summed E-state index contributed by atoms with van der Waals surface area (Å²) in [6, 6.07) is 3.73. The molecule has 108 valence electrons. The largest absolute Gasteiger partial charge is 0.324 e. The second kappa shape index (κ2) is 6.87. The number of hydrogen-bond acceptors (Lipinski definition) is 7. The molecule has 0 fully saturated rings. The molecule has 0 unspecified atom stereocenters. The molecule has 0 amide bonds. The maximum atomic E-state index is 10.7. The van der Waals surface area contributed by atoms with E-state index in [4.69, 9.17) is 0 Å². The number of nitrogens with zero attached hydrogens (tertiary/aromatic N) is 3. The molecule has 20 heavy (non-hydrogen) atoms. The fraction of sp³-hybridized carbons (Fsp3) is 0.500. The number of nitro groups is 1. The Bertz CT molecular complexity index is 580. The first-order chi connectivity index (χ1) is 9.56. The van der Waals surface area contributed by atoms with E-state index in [-0.39, 0.29) is 9.92 Å². The number of nitrogens with one attached hydrogen (secondary N) is 1. The molecule has 0 aliphatic heterocycles. The summed E-state index contributed by atoms with van der Waals surface area (Å²) < 4.78 is 0. The maximum absolute atomic E-state index is 10.7. The molecule has 2 aromatic heterocycles. The van der Waals surface area contributed by atoms with Crippen LogP contribution in [0.15, 0.2) is 12.1 Å². The van der Waals surface area contributed by atoms with Gasteiger partial charge in [0, 0.05) is 18.5 Å². The van der Waals surface area contributed by atoms with Gasteiger partial charge >= 0.3 is 5.00 Å². The molecular weight excluding hydrogens is 296 g/mol. The van der Waals surface area contributed by atoms with Gasteiger partial charge in [-0.25, -0.2) is 0 Å². The zero-order valence-electron chi connectivity index (χ0n) is 11.3. The van der Waals surface area contributed by atoms with Crippen molar-refractivity contribution in [3.05, 3.63) is 27.3 Å². The predicted molar refractivity (Wildman–Crippen MR) is 81.3 cm³/mol. The van der Waals surface area contributed by atoms with Gasteiger partial charge in [-0.05, 0) is 19.0 Å². The molecule has 0 aromatic carbocycles. The van der Waals surface area contributed by atoms with Gasteiger partial charge < -0.3 is 5.32 Å². The maximum Gasteiger partial charge on any atom is 0.324 e. The van der Waals surface area contributed by atoms with E-state index >= 15 is 0 Å². The third-order valence-electron chi connectivity index (χ3n) is 2.57. The second-order valence-corrected chi connectivity index (χ2v) is 6.73. The van der Waals surface area contributed by atoms with Gasteiger partial charge in [0.05, 0.1) is 9.80 Å². The average Bonchev–Trinajstić information content (AvgIpc) is 3.03. The lowest BCUT2D eigenvalue weighted by molar-refractivity contribution is -0.380. The minimum Gasteiger partial charge on any atom is -0.315 e. The molecule has 2 heterocycles. The van der Waals surface area contributed by atoms with E-state index < -0.39 is 0 Å². The third-order valence-corrected chi connectivity index (χ3v) is 4.76. The van der Waals surface area contributed by atoms with Gasteiger partial charge in [0.2, 0.25) is 0 Å². The molecule has 0 atom stereocenters. The second-order valence-electron chi connectivity index (χ2n) is 4.61. The van der Waals surface area contributed by atoms with E-state index in [0.717, 1.165) is 45.6 Å². The van der Waals surface area contributed by atoms with E-state index in [2.05, 4.69) is 29.4 Å². The molecule has 0 bridgehead atoms. The van der Waals surface area contributed by atoms with Crippen LogP contribution in [0.4, 0.5) is 5.00 Å². The van der Waals surface area contributed by atoms with Crippen molar-refractivity contribution in [2.24, 2.45) is 0 Å². The van der Waals surface area contributed by atoms with Crippen LogP contribution in [0.3, 0.4) is 0 Å². The van der Waals surface area contributed by atoms with Crippen molar-refractivity contribution in [2.75, 3.05) is 6.54 Å². The molecule has 1 N–H and O–H groups in total. The Morgan fingerprint density at radius 2 is 2.15 bits per heavy atom. The van der Waals surface area contributed by atoms with Crippen molar-refractivity contribution in [1.29, 1.82) is 0 Å². The Kier molecular flexibility index (Phi) is 5.16. The molecule has 6 nitrogen and oxygen atoms in total. The number of thiophene rings is 1. The van der Waals surface area contributed by atoms with E-state index in [1.165, 1.54) is 17.4 Å². The summed E-state index contributed by atoms with van der Waals surface area (Å²) in [5.41, 5.74) is 0. The first-order valence-electron chi connectivity index (χ1n) is 6.36. The standard InChI is InChI=1S/C12H16N4O2S2/c1-8(2)13-7-3-4-10-14-15-12(20-10)9-5-6-11(19-9)16(17)18/h5-6,8,13H,3-4,7H2,1-2H3. The van der Waals surface area contributed by atoms with Crippen LogP contribution in [0.2, 0.25) is 0 Å². The highest BCUT2D eigenvalue weighted by Crippen LogP contribution is 2.34. The summed E-state index contributed by atoms with van der Waals surface area (Å²) in [5, 5.41) is 24.1. The molecule has 0 aliphatic rings. The van der Waals surface area contributed by atoms with Crippen LogP contribution in [0.25, 0.3) is 9.88 Å². The molecule has 8 heteroatoms. The van der Waals surface area contributed by atoms with Crippen LogP contribution >= 0.6 is 22.7 Å². The van der Waals surface area contributed by atoms with Crippen molar-refractivity contribution in [3.8, 4) is 9.88 Å². The average molecular weight is 312 g/mol. The van der Waals surface area contributed by atoms with Crippen molar-refractivity contribution in [2.45, 2.75) is 32.7 Å². The Morgan fingerprint density at radius 1 is 1.35 bits per heavy atom. The minimum atomic E-state index is -0.381. The van der Waals surface area contributed by atoms with Crippen molar-refractivity contribution >= 4 is 27.7 Å². The number of hydrogen-bond donors (Lipinski definition) is 1. The van der Waals surface area contributed by atoms with Crippen LogP contribution in [-0.2, 0) is 6.42 Å². The SMILES string of the molecule is CC(C)NCCCc1nnc(-c2ccc([N+](=O)[O-])s2)s1. The van der Waals surface area contributed by atoms with Gasteiger partial charge in [0.15, 0.2) is 5.01 Å². The Hall–Kier alpha value is -1.38. The van der Waals surface area contributed by atoms with Gasteiger partial charge in [-0.1, -0.05) is 36.5 Å². The smallest absolute Gasteiger partial charge is 0.315 e. The fourth-order valence-corrected chi connectivity index (χ4v) is 3.38. The zero-order chi connectivity index (χ0) is 14.5. The molecule has 0 aliphatic carbocycles.